The average molecular weight is 914 g/mol. The summed E-state index contributed by atoms with van der Waals surface area (Å²) in [5.41, 5.74) is -4.24. The number of benzene rings is 4. The number of nitrogens with zero attached hydrogens (tertiary/aromatic N) is 7. The Kier molecular flexibility index (Phi) is 10.5. The van der Waals surface area contributed by atoms with Gasteiger partial charge in [-0.05, 0) is 47.9 Å². The van der Waals surface area contributed by atoms with Gasteiger partial charge in [0, 0.05) is 10.8 Å². The molecule has 2 aliphatic rings. The standard InChI is InChI=1S/C44H31F12N9/c1-5-9-13-14(10-6-2)16(12-8-4)18-17(15(13)11-7-3)37-58-38(18)60-40-20-22(28(48)34(54)32(52)26(20)46)42(62-40)64-44-24-23(29(49)35(55)36(56)30(24)50)43(65(44)57)63-41-21-19(39(59-37)61-41)25(45)31(51)33(53)27(21)47/h5-12,57H2,1-4H3,(H,58,59,60,61,62,63,64). The molecule has 3 aromatic heterocycles. The normalized spacial score (nSPS) is 12.2. The number of H-pyrrole nitrogens is 1. The quantitative estimate of drug-likeness (QED) is 0.0673. The van der Waals surface area contributed by atoms with Crippen molar-refractivity contribution >= 4 is 44.1 Å². The second-order valence-corrected chi connectivity index (χ2v) is 15.5. The summed E-state index contributed by atoms with van der Waals surface area (Å²) in [6.45, 7) is 7.70. The molecular weight excluding hydrogens is 883 g/mol. The van der Waals surface area contributed by atoms with Crippen LogP contribution >= 0.6 is 0 Å². The first-order valence-corrected chi connectivity index (χ1v) is 20.4. The van der Waals surface area contributed by atoms with Crippen LogP contribution < -0.4 is 5.84 Å². The number of nitrogens with two attached hydrogens (primary N) is 1. The van der Waals surface area contributed by atoms with Gasteiger partial charge in [0.1, 0.15) is 11.3 Å². The Morgan fingerprint density at radius 3 is 0.938 bits per heavy atom. The topological polar surface area (TPSA) is 124 Å². The van der Waals surface area contributed by atoms with E-state index in [0.29, 0.717) is 73.3 Å². The molecule has 2 aliphatic heterocycles. The summed E-state index contributed by atoms with van der Waals surface area (Å²) >= 11 is 0. The maximum Gasteiger partial charge on any atom is 0.198 e. The fourth-order valence-electron chi connectivity index (χ4n) is 8.93. The number of aryl methyl sites for hydroxylation is 2. The fraction of sp³-hybridized carbons (Fsp3) is 0.273. The number of nitrogens with one attached hydrogen (secondary N) is 1. The molecule has 0 saturated carbocycles. The van der Waals surface area contributed by atoms with Gasteiger partial charge < -0.3 is 10.8 Å². The smallest absolute Gasteiger partial charge is 0.198 e. The molecule has 0 atom stereocenters. The van der Waals surface area contributed by atoms with E-state index in [1.807, 2.05) is 27.7 Å². The predicted octanol–water partition coefficient (Wildman–Crippen LogP) is 11.5. The summed E-state index contributed by atoms with van der Waals surface area (Å²) in [5.74, 6) is -24.5. The third-order valence-electron chi connectivity index (χ3n) is 11.5. The lowest BCUT2D eigenvalue weighted by Crippen LogP contribution is -2.09. The molecule has 0 spiro atoms. The van der Waals surface area contributed by atoms with Gasteiger partial charge in [0.05, 0.1) is 33.0 Å². The Morgan fingerprint density at radius 1 is 0.354 bits per heavy atom. The van der Waals surface area contributed by atoms with Crippen molar-refractivity contribution in [1.82, 2.24) is 39.6 Å². The zero-order valence-electron chi connectivity index (χ0n) is 34.4. The van der Waals surface area contributed by atoms with E-state index in [2.05, 4.69) is 34.9 Å². The molecule has 21 heteroatoms. The molecule has 8 bridgehead atoms. The third kappa shape index (κ3) is 6.09. The monoisotopic (exact) mass is 913 g/mol. The third-order valence-corrected chi connectivity index (χ3v) is 11.5. The van der Waals surface area contributed by atoms with Gasteiger partial charge in [-0.3, -0.25) is 0 Å². The molecule has 0 aliphatic carbocycles. The van der Waals surface area contributed by atoms with Crippen LogP contribution in [-0.2, 0) is 25.7 Å². The minimum atomic E-state index is -2.44. The van der Waals surface area contributed by atoms with E-state index < -0.39 is 137 Å². The lowest BCUT2D eigenvalue weighted by atomic mass is 9.83. The Morgan fingerprint density at radius 2 is 0.631 bits per heavy atom. The highest BCUT2D eigenvalue weighted by atomic mass is 19.2. The van der Waals surface area contributed by atoms with Gasteiger partial charge in [0.25, 0.3) is 0 Å². The van der Waals surface area contributed by atoms with Crippen LogP contribution in [0.25, 0.3) is 89.7 Å². The second kappa shape index (κ2) is 15.7. The van der Waals surface area contributed by atoms with E-state index in [9.17, 15) is 8.78 Å². The Balaban J connectivity index is 1.64. The summed E-state index contributed by atoms with van der Waals surface area (Å²) in [5, 5.41) is -2.11. The molecule has 0 unspecified atom stereocenters. The van der Waals surface area contributed by atoms with Crippen LogP contribution in [0.4, 0.5) is 52.7 Å². The lowest BCUT2D eigenvalue weighted by Gasteiger charge is -2.21. The predicted molar refractivity (Wildman–Crippen MR) is 215 cm³/mol. The van der Waals surface area contributed by atoms with Crippen molar-refractivity contribution in [3.8, 4) is 45.6 Å². The number of rotatable bonds is 8. The maximum absolute atomic E-state index is 16.1. The second-order valence-electron chi connectivity index (χ2n) is 15.5. The number of hydrogen-bond donors (Lipinski definition) is 2. The van der Waals surface area contributed by atoms with E-state index in [0.717, 1.165) is 11.1 Å². The van der Waals surface area contributed by atoms with Crippen molar-refractivity contribution < 1.29 is 52.7 Å². The molecule has 0 amide bonds. The van der Waals surface area contributed by atoms with Crippen LogP contribution in [0.1, 0.15) is 75.6 Å². The highest BCUT2D eigenvalue weighted by Crippen LogP contribution is 2.45. The van der Waals surface area contributed by atoms with Crippen molar-refractivity contribution in [2.45, 2.75) is 79.1 Å². The van der Waals surface area contributed by atoms with E-state index in [4.69, 9.17) is 5.84 Å². The highest BCUT2D eigenvalue weighted by molar-refractivity contribution is 6.10. The van der Waals surface area contributed by atoms with Crippen molar-refractivity contribution in [3.63, 3.8) is 0 Å². The van der Waals surface area contributed by atoms with Gasteiger partial charge in [-0.15, -0.1) is 0 Å². The SMILES string of the molecule is CCCc1c(CCC)c(CCC)c2c3nc4nc(nc5c6c(F)c(F)c(F)c(F)c6c(nc6nc(nc([nH]3)c2c1CCC)-c1c(F)c(F)c(F)c(F)c1-6)n5N)-c1c(F)c(F)c(F)c(F)c1-4. The highest BCUT2D eigenvalue weighted by Gasteiger charge is 2.37. The minimum Gasteiger partial charge on any atom is -0.336 e. The lowest BCUT2D eigenvalue weighted by molar-refractivity contribution is 0.412. The zero-order valence-corrected chi connectivity index (χ0v) is 34.4. The first-order chi connectivity index (χ1) is 31.0. The molecule has 0 fully saturated rings. The van der Waals surface area contributed by atoms with Crippen molar-refractivity contribution in [1.29, 1.82) is 0 Å². The molecule has 7 aromatic rings. The fourth-order valence-corrected chi connectivity index (χ4v) is 8.93. The first kappa shape index (κ1) is 43.5. The summed E-state index contributed by atoms with van der Waals surface area (Å²) in [6.07, 6.45) is 4.25. The molecule has 4 aromatic carbocycles. The minimum absolute atomic E-state index is 0.0989. The molecule has 9 nitrogen and oxygen atoms in total. The number of hydrogen-bond acceptors (Lipinski definition) is 7. The number of nitrogen functional groups attached to an aromatic ring is 1. The van der Waals surface area contributed by atoms with Crippen LogP contribution in [0.15, 0.2) is 0 Å². The summed E-state index contributed by atoms with van der Waals surface area (Å²) in [4.78, 5) is 28.1. The van der Waals surface area contributed by atoms with E-state index >= 15 is 43.9 Å². The van der Waals surface area contributed by atoms with Gasteiger partial charge in [-0.25, -0.2) is 87.3 Å². The van der Waals surface area contributed by atoms with Gasteiger partial charge in [-0.1, -0.05) is 53.4 Å². The number of aromatic amines is 1. The summed E-state index contributed by atoms with van der Waals surface area (Å²) in [6, 6.07) is 0. The van der Waals surface area contributed by atoms with Crippen LogP contribution in [0, 0.1) is 69.8 Å². The van der Waals surface area contributed by atoms with Gasteiger partial charge in [0.2, 0.25) is 0 Å². The van der Waals surface area contributed by atoms with Crippen LogP contribution in [0.2, 0.25) is 0 Å². The van der Waals surface area contributed by atoms with Gasteiger partial charge in [-0.2, -0.15) is 0 Å². The van der Waals surface area contributed by atoms with E-state index in [1.165, 1.54) is 0 Å². The van der Waals surface area contributed by atoms with Crippen molar-refractivity contribution in [2.24, 2.45) is 0 Å². The summed E-state index contributed by atoms with van der Waals surface area (Å²) < 4.78 is 187. The molecule has 336 valence electrons. The largest absolute Gasteiger partial charge is 0.336 e. The van der Waals surface area contributed by atoms with Crippen molar-refractivity contribution in [2.75, 3.05) is 5.84 Å². The molecule has 9 rings (SSSR count). The van der Waals surface area contributed by atoms with Gasteiger partial charge >= 0.3 is 0 Å². The zero-order chi connectivity index (χ0) is 46.7. The Bertz CT molecular complexity index is 3220. The van der Waals surface area contributed by atoms with Crippen LogP contribution in [-0.4, -0.2) is 39.6 Å². The molecule has 0 radical (unpaired) electrons. The number of halogens is 12. The van der Waals surface area contributed by atoms with Crippen LogP contribution in [0.5, 0.6) is 0 Å². The average Bonchev–Trinajstić information content (AvgIpc) is 4.01. The molecule has 65 heavy (non-hydrogen) atoms. The molecule has 0 saturated heterocycles. The number of fused-ring (bicyclic) bond motifs is 20. The van der Waals surface area contributed by atoms with Crippen LogP contribution in [0.3, 0.4) is 0 Å². The number of aromatic nitrogens is 8. The molecule has 3 N–H and O–H groups in total. The maximum atomic E-state index is 16.1. The Hall–Kier alpha value is -6.80. The molecule has 5 heterocycles. The van der Waals surface area contributed by atoms with Crippen molar-refractivity contribution in [3.05, 3.63) is 92.1 Å². The Labute approximate surface area is 358 Å². The first-order valence-electron chi connectivity index (χ1n) is 20.4. The molecular formula is C44H31F12N9. The summed E-state index contributed by atoms with van der Waals surface area (Å²) in [7, 11) is 0. The van der Waals surface area contributed by atoms with E-state index in [-0.39, 0.29) is 16.0 Å². The van der Waals surface area contributed by atoms with E-state index in [1.54, 1.807) is 0 Å². The van der Waals surface area contributed by atoms with Gasteiger partial charge in [0.15, 0.2) is 104 Å².